The number of carbonyl (C=O) groups excluding carboxylic acids is 2. The lowest BCUT2D eigenvalue weighted by molar-refractivity contribution is -0.362. The van der Waals surface area contributed by atoms with Crippen molar-refractivity contribution in [1.29, 1.82) is 0 Å². The molecule has 4 aliphatic rings. The Kier molecular flexibility index (Phi) is 8.54. The number of carbonyl (C=O) groups is 2. The molecular weight excluding hydrogens is 579 g/mol. The monoisotopic (exact) mass is 614 g/mol. The standard InChI is InChI=1S/C35H35F5O4/c1-3-44-30(42)9-7-5-4-6-8-22-10-12-23(13-11-22)28-21-32(2)29(18-19-33(32,43)34(36,37)35(38,39)40)27-16-14-24-20-25(41)15-17-26(24)31(27)28/h4-5,7,9-13,20,27-29,43H,3,14-19,21H2,1-2H3/t27?,28-,29?,32+,33+/m1/s1. The third-order valence-corrected chi connectivity index (χ3v) is 10.1. The molecule has 2 saturated carbocycles. The number of hydrogen-bond donors (Lipinski definition) is 1. The molecule has 0 spiro atoms. The fourth-order valence-electron chi connectivity index (χ4n) is 8.07. The number of ether oxygens (including phenoxy) is 1. The zero-order valence-corrected chi connectivity index (χ0v) is 24.6. The van der Waals surface area contributed by atoms with Gasteiger partial charge in [0.1, 0.15) is 5.60 Å². The summed E-state index contributed by atoms with van der Waals surface area (Å²) in [6, 6.07) is 7.17. The van der Waals surface area contributed by atoms with E-state index in [0.717, 1.165) is 22.3 Å². The van der Waals surface area contributed by atoms with Crippen LogP contribution in [0.2, 0.25) is 0 Å². The molecule has 5 rings (SSSR count). The molecule has 1 N–H and O–H groups in total. The smallest absolute Gasteiger partial charge is 0.456 e. The molecule has 0 heterocycles. The van der Waals surface area contributed by atoms with Gasteiger partial charge in [0.05, 0.1) is 6.61 Å². The van der Waals surface area contributed by atoms with Crippen LogP contribution in [0.25, 0.3) is 0 Å². The molecule has 9 heteroatoms. The van der Waals surface area contributed by atoms with Crippen molar-refractivity contribution >= 4 is 11.8 Å². The quantitative estimate of drug-likeness (QED) is 0.122. The van der Waals surface area contributed by atoms with Crippen molar-refractivity contribution < 1.29 is 41.4 Å². The predicted octanol–water partition coefficient (Wildman–Crippen LogP) is 7.54. The molecule has 44 heavy (non-hydrogen) atoms. The van der Waals surface area contributed by atoms with Gasteiger partial charge in [-0.05, 0) is 98.3 Å². The van der Waals surface area contributed by atoms with Gasteiger partial charge in [0.15, 0.2) is 5.78 Å². The Bertz CT molecular complexity index is 1500. The van der Waals surface area contributed by atoms with E-state index in [1.807, 2.05) is 12.1 Å². The second kappa shape index (κ2) is 11.8. The SMILES string of the molecule is CCOC(=O)C=CC=CC#Cc1ccc([C@H]2C[C@@]3(C)C(CC[C@@]3(O)C(F)(F)C(F)(F)F)C3CCC4=CC(=O)CCC4=C32)cc1. The van der Waals surface area contributed by atoms with Crippen LogP contribution in [-0.2, 0) is 14.3 Å². The molecule has 0 bridgehead atoms. The minimum atomic E-state index is -5.89. The number of rotatable bonds is 5. The Labute approximate surface area is 253 Å². The summed E-state index contributed by atoms with van der Waals surface area (Å²) in [6.07, 6.45) is 3.00. The van der Waals surface area contributed by atoms with Gasteiger partial charge in [-0.2, -0.15) is 22.0 Å². The van der Waals surface area contributed by atoms with E-state index < -0.39 is 47.3 Å². The van der Waals surface area contributed by atoms with Crippen LogP contribution >= 0.6 is 0 Å². The molecule has 2 fully saturated rings. The van der Waals surface area contributed by atoms with Gasteiger partial charge in [0, 0.05) is 29.4 Å². The van der Waals surface area contributed by atoms with Gasteiger partial charge in [0.2, 0.25) is 0 Å². The maximum atomic E-state index is 15.1. The molecule has 0 saturated heterocycles. The third-order valence-electron chi connectivity index (χ3n) is 10.1. The van der Waals surface area contributed by atoms with Gasteiger partial charge in [-0.15, -0.1) is 0 Å². The van der Waals surface area contributed by atoms with Crippen molar-refractivity contribution in [3.05, 3.63) is 82.5 Å². The van der Waals surface area contributed by atoms with E-state index in [1.165, 1.54) is 19.1 Å². The van der Waals surface area contributed by atoms with Crippen LogP contribution in [-0.4, -0.2) is 41.2 Å². The molecule has 0 aromatic heterocycles. The zero-order chi connectivity index (χ0) is 31.9. The predicted molar refractivity (Wildman–Crippen MR) is 154 cm³/mol. The van der Waals surface area contributed by atoms with E-state index in [1.54, 1.807) is 37.3 Å². The lowest BCUT2D eigenvalue weighted by atomic mass is 9.50. The van der Waals surface area contributed by atoms with Gasteiger partial charge >= 0.3 is 18.1 Å². The first-order valence-corrected chi connectivity index (χ1v) is 15.0. The highest BCUT2D eigenvalue weighted by molar-refractivity contribution is 5.93. The number of esters is 1. The number of ketones is 1. The number of halogens is 5. The summed E-state index contributed by atoms with van der Waals surface area (Å²) in [5, 5.41) is 11.4. The second-order valence-electron chi connectivity index (χ2n) is 12.3. The van der Waals surface area contributed by atoms with Crippen molar-refractivity contribution in [2.45, 2.75) is 82.4 Å². The largest absolute Gasteiger partial charge is 0.463 e. The Morgan fingerprint density at radius 3 is 2.50 bits per heavy atom. The van der Waals surface area contributed by atoms with Crippen molar-refractivity contribution in [2.24, 2.45) is 17.3 Å². The Balaban J connectivity index is 1.51. The highest BCUT2D eigenvalue weighted by atomic mass is 19.4. The summed E-state index contributed by atoms with van der Waals surface area (Å²) in [5.41, 5.74) is -0.551. The average Bonchev–Trinajstić information content (AvgIpc) is 3.25. The Morgan fingerprint density at radius 1 is 1.09 bits per heavy atom. The minimum Gasteiger partial charge on any atom is -0.463 e. The molecule has 0 amide bonds. The maximum Gasteiger partial charge on any atom is 0.456 e. The molecule has 0 aliphatic heterocycles. The number of benzene rings is 1. The topological polar surface area (TPSA) is 63.6 Å². The molecule has 234 valence electrons. The number of aliphatic hydroxyl groups is 1. The number of hydrogen-bond acceptors (Lipinski definition) is 4. The van der Waals surface area contributed by atoms with Gasteiger partial charge in [0.25, 0.3) is 0 Å². The summed E-state index contributed by atoms with van der Waals surface area (Å²) in [6.45, 7) is 3.40. The summed E-state index contributed by atoms with van der Waals surface area (Å²) >= 11 is 0. The van der Waals surface area contributed by atoms with E-state index in [0.29, 0.717) is 31.2 Å². The van der Waals surface area contributed by atoms with Crippen LogP contribution in [0.3, 0.4) is 0 Å². The first-order valence-electron chi connectivity index (χ1n) is 15.0. The van der Waals surface area contributed by atoms with Crippen LogP contribution in [0.4, 0.5) is 22.0 Å². The number of alkyl halides is 5. The van der Waals surface area contributed by atoms with E-state index in [2.05, 4.69) is 11.8 Å². The van der Waals surface area contributed by atoms with Crippen LogP contribution in [0.1, 0.15) is 75.8 Å². The highest BCUT2D eigenvalue weighted by Crippen LogP contribution is 2.70. The fraction of sp³-hybridized carbons (Fsp3) is 0.486. The first kappa shape index (κ1) is 31.9. The van der Waals surface area contributed by atoms with Gasteiger partial charge in [-0.1, -0.05) is 48.6 Å². The van der Waals surface area contributed by atoms with Crippen molar-refractivity contribution in [1.82, 2.24) is 0 Å². The van der Waals surface area contributed by atoms with Crippen LogP contribution < -0.4 is 0 Å². The molecule has 0 radical (unpaired) electrons. The average molecular weight is 615 g/mol. The zero-order valence-electron chi connectivity index (χ0n) is 24.6. The summed E-state index contributed by atoms with van der Waals surface area (Å²) in [5.74, 6) is -1.17. The molecular formula is C35H35F5O4. The molecule has 5 atom stereocenters. The normalized spacial score (nSPS) is 30.4. The van der Waals surface area contributed by atoms with Crippen molar-refractivity contribution in [2.75, 3.05) is 6.61 Å². The number of allylic oxidation sites excluding steroid dienone is 7. The van der Waals surface area contributed by atoms with E-state index >= 15 is 8.78 Å². The van der Waals surface area contributed by atoms with E-state index in [9.17, 15) is 27.9 Å². The molecule has 1 aromatic rings. The second-order valence-corrected chi connectivity index (χ2v) is 12.3. The molecule has 2 unspecified atom stereocenters. The Morgan fingerprint density at radius 2 is 1.82 bits per heavy atom. The molecule has 1 aromatic carbocycles. The van der Waals surface area contributed by atoms with Gasteiger partial charge < -0.3 is 9.84 Å². The van der Waals surface area contributed by atoms with E-state index in [4.69, 9.17) is 4.74 Å². The lowest BCUT2D eigenvalue weighted by Crippen LogP contribution is -2.65. The summed E-state index contributed by atoms with van der Waals surface area (Å²) in [4.78, 5) is 23.6. The molecule has 4 aliphatic carbocycles. The maximum absolute atomic E-state index is 15.1. The summed E-state index contributed by atoms with van der Waals surface area (Å²) in [7, 11) is 0. The fourth-order valence-corrected chi connectivity index (χ4v) is 8.07. The van der Waals surface area contributed by atoms with Crippen molar-refractivity contribution in [3.63, 3.8) is 0 Å². The first-order chi connectivity index (χ1) is 20.7. The van der Waals surface area contributed by atoms with Crippen LogP contribution in [0, 0.1) is 29.1 Å². The van der Waals surface area contributed by atoms with Crippen LogP contribution in [0.5, 0.6) is 0 Å². The van der Waals surface area contributed by atoms with Gasteiger partial charge in [-0.25, -0.2) is 4.79 Å². The van der Waals surface area contributed by atoms with Crippen molar-refractivity contribution in [3.8, 4) is 11.8 Å². The van der Waals surface area contributed by atoms with Gasteiger partial charge in [-0.3, -0.25) is 4.79 Å². The third kappa shape index (κ3) is 5.36. The lowest BCUT2D eigenvalue weighted by Gasteiger charge is -2.56. The Hall–Kier alpha value is -3.51. The summed E-state index contributed by atoms with van der Waals surface area (Å²) < 4.78 is 76.3. The number of fused-ring (bicyclic) bond motifs is 4. The molecule has 4 nitrogen and oxygen atoms in total. The highest BCUT2D eigenvalue weighted by Gasteiger charge is 2.79. The van der Waals surface area contributed by atoms with Crippen LogP contribution in [0.15, 0.2) is 71.4 Å². The van der Waals surface area contributed by atoms with E-state index in [-0.39, 0.29) is 31.1 Å². The minimum absolute atomic E-state index is 0.0356.